The van der Waals surface area contributed by atoms with Crippen molar-refractivity contribution in [3.63, 3.8) is 0 Å². The molecule has 33 heavy (non-hydrogen) atoms. The molecule has 1 aromatic heterocycles. The van der Waals surface area contributed by atoms with Crippen molar-refractivity contribution in [2.75, 3.05) is 18.4 Å². The van der Waals surface area contributed by atoms with Crippen LogP contribution in [0.5, 0.6) is 0 Å². The highest BCUT2D eigenvalue weighted by Crippen LogP contribution is 2.29. The number of hydrogen-bond acceptors (Lipinski definition) is 7. The summed E-state index contributed by atoms with van der Waals surface area (Å²) >= 11 is 1.21. The molecule has 1 aliphatic heterocycles. The molecule has 1 fully saturated rings. The Kier molecular flexibility index (Phi) is 6.54. The molecule has 1 unspecified atom stereocenters. The molecule has 0 aliphatic carbocycles. The third-order valence-electron chi connectivity index (χ3n) is 5.50. The van der Waals surface area contributed by atoms with Gasteiger partial charge in [-0.05, 0) is 31.9 Å². The lowest BCUT2D eigenvalue weighted by molar-refractivity contribution is -0.384. The normalized spacial score (nSPS) is 16.9. The zero-order valence-electron chi connectivity index (χ0n) is 17.8. The molecular formula is C22H22N4O5S2. The zero-order valence-corrected chi connectivity index (χ0v) is 19.4. The van der Waals surface area contributed by atoms with Gasteiger partial charge in [0.15, 0.2) is 5.13 Å². The van der Waals surface area contributed by atoms with E-state index in [-0.39, 0.29) is 23.0 Å². The SMILES string of the molecule is Cc1ccc(S(=O)(=O)N2CCCC(C(=O)Nc3nc(-c4cccc([N+](=O)[O-])c4)cs3)C2)cc1. The number of amides is 1. The van der Waals surface area contributed by atoms with Gasteiger partial charge in [-0.2, -0.15) is 4.31 Å². The van der Waals surface area contributed by atoms with E-state index < -0.39 is 20.9 Å². The minimum atomic E-state index is -3.68. The first-order valence-electron chi connectivity index (χ1n) is 10.3. The van der Waals surface area contributed by atoms with Gasteiger partial charge < -0.3 is 5.32 Å². The number of non-ortho nitro benzene ring substituents is 1. The first-order valence-corrected chi connectivity index (χ1v) is 12.6. The van der Waals surface area contributed by atoms with Gasteiger partial charge in [-0.1, -0.05) is 29.8 Å². The fourth-order valence-electron chi connectivity index (χ4n) is 3.68. The van der Waals surface area contributed by atoms with Crippen molar-refractivity contribution in [2.24, 2.45) is 5.92 Å². The number of carbonyl (C=O) groups is 1. The molecule has 9 nitrogen and oxygen atoms in total. The van der Waals surface area contributed by atoms with Crippen molar-refractivity contribution < 1.29 is 18.1 Å². The number of hydrogen-bond donors (Lipinski definition) is 1. The maximum atomic E-state index is 13.0. The van der Waals surface area contributed by atoms with Crippen molar-refractivity contribution in [3.05, 3.63) is 69.6 Å². The molecule has 3 aromatic rings. The van der Waals surface area contributed by atoms with E-state index >= 15 is 0 Å². The number of carbonyl (C=O) groups excluding carboxylic acids is 1. The first-order chi connectivity index (χ1) is 15.7. The van der Waals surface area contributed by atoms with Crippen LogP contribution in [0.1, 0.15) is 18.4 Å². The summed E-state index contributed by atoms with van der Waals surface area (Å²) in [6.45, 7) is 2.36. The molecule has 0 spiro atoms. The predicted octanol–water partition coefficient (Wildman–Crippen LogP) is 4.07. The maximum Gasteiger partial charge on any atom is 0.270 e. The Balaban J connectivity index is 1.44. The van der Waals surface area contributed by atoms with Crippen LogP contribution in [0, 0.1) is 23.0 Å². The Labute approximate surface area is 195 Å². The number of nitrogens with zero attached hydrogens (tertiary/aromatic N) is 3. The molecule has 2 aromatic carbocycles. The van der Waals surface area contributed by atoms with Gasteiger partial charge in [-0.3, -0.25) is 14.9 Å². The van der Waals surface area contributed by atoms with Gasteiger partial charge >= 0.3 is 0 Å². The minimum absolute atomic E-state index is 0.0387. The van der Waals surface area contributed by atoms with E-state index in [4.69, 9.17) is 0 Å². The number of nitro benzene ring substituents is 1. The maximum absolute atomic E-state index is 13.0. The van der Waals surface area contributed by atoms with Crippen LogP contribution in [0.3, 0.4) is 0 Å². The van der Waals surface area contributed by atoms with E-state index in [0.29, 0.717) is 35.8 Å². The molecule has 1 saturated heterocycles. The summed E-state index contributed by atoms with van der Waals surface area (Å²) < 4.78 is 27.4. The van der Waals surface area contributed by atoms with Crippen LogP contribution in [0.4, 0.5) is 10.8 Å². The smallest absolute Gasteiger partial charge is 0.270 e. The molecule has 0 radical (unpaired) electrons. The molecule has 1 amide bonds. The van der Waals surface area contributed by atoms with Crippen LogP contribution < -0.4 is 5.32 Å². The molecule has 172 valence electrons. The third-order valence-corrected chi connectivity index (χ3v) is 8.14. The summed E-state index contributed by atoms with van der Waals surface area (Å²) in [5.41, 5.74) is 2.03. The highest BCUT2D eigenvalue weighted by atomic mass is 32.2. The van der Waals surface area contributed by atoms with Crippen LogP contribution >= 0.6 is 11.3 Å². The van der Waals surface area contributed by atoms with E-state index in [1.807, 2.05) is 6.92 Å². The van der Waals surface area contributed by atoms with E-state index in [0.717, 1.165) is 5.56 Å². The number of aromatic nitrogens is 1. The number of sulfonamides is 1. The van der Waals surface area contributed by atoms with Gasteiger partial charge in [0, 0.05) is 36.2 Å². The number of aryl methyl sites for hydroxylation is 1. The van der Waals surface area contributed by atoms with Crippen LogP contribution in [0.15, 0.2) is 58.8 Å². The van der Waals surface area contributed by atoms with Gasteiger partial charge in [0.25, 0.3) is 5.69 Å². The van der Waals surface area contributed by atoms with Crippen molar-refractivity contribution in [3.8, 4) is 11.3 Å². The van der Waals surface area contributed by atoms with Crippen LogP contribution in [-0.4, -0.2) is 41.6 Å². The Morgan fingerprint density at radius 3 is 2.73 bits per heavy atom. The molecule has 4 rings (SSSR count). The number of nitro groups is 1. The summed E-state index contributed by atoms with van der Waals surface area (Å²) in [5, 5.41) is 15.8. The second kappa shape index (κ2) is 9.38. The van der Waals surface area contributed by atoms with Gasteiger partial charge in [-0.25, -0.2) is 13.4 Å². The highest BCUT2D eigenvalue weighted by molar-refractivity contribution is 7.89. The fraction of sp³-hybridized carbons (Fsp3) is 0.273. The summed E-state index contributed by atoms with van der Waals surface area (Å²) in [4.78, 5) is 28.0. The standard InChI is InChI=1S/C22H22N4O5S2/c1-15-7-9-19(10-8-15)33(30,31)25-11-3-5-17(13-25)21(27)24-22-23-20(14-32-22)16-4-2-6-18(12-16)26(28)29/h2,4,6-10,12,14,17H,3,5,11,13H2,1H3,(H,23,24,27). The molecule has 2 heterocycles. The average molecular weight is 487 g/mol. The topological polar surface area (TPSA) is 123 Å². The number of piperidine rings is 1. The number of nitrogens with one attached hydrogen (secondary N) is 1. The fourth-order valence-corrected chi connectivity index (χ4v) is 5.93. The second-order valence-corrected chi connectivity index (χ2v) is 10.6. The number of benzene rings is 2. The third kappa shape index (κ3) is 5.10. The lowest BCUT2D eigenvalue weighted by Gasteiger charge is -2.31. The Morgan fingerprint density at radius 2 is 2.00 bits per heavy atom. The van der Waals surface area contributed by atoms with Gasteiger partial charge in [0.2, 0.25) is 15.9 Å². The van der Waals surface area contributed by atoms with Gasteiger partial charge in [-0.15, -0.1) is 11.3 Å². The van der Waals surface area contributed by atoms with Crippen molar-refractivity contribution in [1.29, 1.82) is 0 Å². The van der Waals surface area contributed by atoms with E-state index in [2.05, 4.69) is 10.3 Å². The van der Waals surface area contributed by atoms with Crippen LogP contribution in [0.25, 0.3) is 11.3 Å². The van der Waals surface area contributed by atoms with Gasteiger partial charge in [0.05, 0.1) is 21.4 Å². The number of rotatable bonds is 6. The molecule has 1 atom stereocenters. The molecule has 0 saturated carbocycles. The first kappa shape index (κ1) is 23.0. The molecule has 1 aliphatic rings. The predicted molar refractivity (Wildman–Crippen MR) is 125 cm³/mol. The molecule has 11 heteroatoms. The molecule has 0 bridgehead atoms. The Morgan fingerprint density at radius 1 is 1.24 bits per heavy atom. The average Bonchev–Trinajstić information content (AvgIpc) is 3.28. The summed E-state index contributed by atoms with van der Waals surface area (Å²) in [7, 11) is -3.68. The Bertz CT molecular complexity index is 1290. The highest BCUT2D eigenvalue weighted by Gasteiger charge is 2.33. The second-order valence-electron chi connectivity index (χ2n) is 7.85. The molecular weight excluding hydrogens is 464 g/mol. The van der Waals surface area contributed by atoms with Crippen molar-refractivity contribution in [1.82, 2.24) is 9.29 Å². The lowest BCUT2D eigenvalue weighted by atomic mass is 9.99. The summed E-state index contributed by atoms with van der Waals surface area (Å²) in [6.07, 6.45) is 1.16. The largest absolute Gasteiger partial charge is 0.302 e. The quantitative estimate of drug-likeness (QED) is 0.414. The summed E-state index contributed by atoms with van der Waals surface area (Å²) in [5.74, 6) is -0.789. The van der Waals surface area contributed by atoms with E-state index in [1.54, 1.807) is 41.8 Å². The Hall–Kier alpha value is -3.15. The lowest BCUT2D eigenvalue weighted by Crippen LogP contribution is -2.43. The van der Waals surface area contributed by atoms with Crippen LogP contribution in [0.2, 0.25) is 0 Å². The number of anilines is 1. The van der Waals surface area contributed by atoms with E-state index in [9.17, 15) is 23.3 Å². The van der Waals surface area contributed by atoms with Crippen molar-refractivity contribution >= 4 is 38.1 Å². The molecule has 1 N–H and O–H groups in total. The van der Waals surface area contributed by atoms with Crippen LogP contribution in [-0.2, 0) is 14.8 Å². The number of thiazole rings is 1. The summed E-state index contributed by atoms with van der Waals surface area (Å²) in [6, 6.07) is 12.8. The van der Waals surface area contributed by atoms with Crippen molar-refractivity contribution in [2.45, 2.75) is 24.7 Å². The zero-order chi connectivity index (χ0) is 23.6. The van der Waals surface area contributed by atoms with Gasteiger partial charge in [0.1, 0.15) is 0 Å². The monoisotopic (exact) mass is 486 g/mol. The minimum Gasteiger partial charge on any atom is -0.302 e. The van der Waals surface area contributed by atoms with E-state index in [1.165, 1.54) is 27.8 Å².